The van der Waals surface area contributed by atoms with E-state index in [1.54, 1.807) is 11.9 Å². The predicted molar refractivity (Wildman–Crippen MR) is 103 cm³/mol. The Kier molecular flexibility index (Phi) is 6.69. The van der Waals surface area contributed by atoms with Gasteiger partial charge in [0.25, 0.3) is 0 Å². The van der Waals surface area contributed by atoms with Crippen LogP contribution in [0.25, 0.3) is 0 Å². The molecule has 1 aromatic rings. The summed E-state index contributed by atoms with van der Waals surface area (Å²) in [4.78, 5) is 16.2. The Morgan fingerprint density at radius 1 is 1.23 bits per heavy atom. The highest BCUT2D eigenvalue weighted by Gasteiger charge is 2.34. The average molecular weight is 383 g/mol. The second kappa shape index (κ2) is 8.39. The molecule has 6 nitrogen and oxygen atoms in total. The summed E-state index contributed by atoms with van der Waals surface area (Å²) >= 11 is 0. The quantitative estimate of drug-likeness (QED) is 0.717. The van der Waals surface area contributed by atoms with Crippen molar-refractivity contribution in [1.82, 2.24) is 9.80 Å². The Labute approximate surface area is 157 Å². The van der Waals surface area contributed by atoms with Crippen LogP contribution >= 0.6 is 0 Å². The van der Waals surface area contributed by atoms with E-state index in [4.69, 9.17) is 4.74 Å². The first-order valence-electron chi connectivity index (χ1n) is 8.97. The van der Waals surface area contributed by atoms with Gasteiger partial charge in [0.2, 0.25) is 5.91 Å². The van der Waals surface area contributed by atoms with E-state index < -0.39 is 9.84 Å². The van der Waals surface area contributed by atoms with E-state index in [0.29, 0.717) is 19.6 Å². The number of amides is 1. The van der Waals surface area contributed by atoms with Gasteiger partial charge < -0.3 is 9.64 Å². The molecule has 2 rings (SSSR count). The van der Waals surface area contributed by atoms with Crippen molar-refractivity contribution in [1.29, 1.82) is 0 Å². The maximum Gasteiger partial charge on any atom is 0.239 e. The molecule has 0 spiro atoms. The van der Waals surface area contributed by atoms with Crippen molar-refractivity contribution in [3.05, 3.63) is 29.3 Å². The summed E-state index contributed by atoms with van der Waals surface area (Å²) in [6, 6.07) is 5.55. The molecule has 0 N–H and O–H groups in total. The van der Waals surface area contributed by atoms with Crippen LogP contribution in [0.4, 0.5) is 0 Å². The minimum Gasteiger partial charge on any atom is -0.492 e. The van der Waals surface area contributed by atoms with Crippen LogP contribution in [-0.2, 0) is 14.6 Å². The SMILES string of the molecule is Cc1cc(C)cc(OCCN(C)C(C)C(=O)N(C)C2CCS(=O)(=O)C2)c1. The molecule has 0 aliphatic carbocycles. The molecular formula is C19H30N2O4S. The number of ether oxygens (including phenoxy) is 1. The first kappa shape index (κ1) is 20.7. The van der Waals surface area contributed by atoms with E-state index >= 15 is 0 Å². The Bertz CT molecular complexity index is 728. The molecule has 1 saturated heterocycles. The van der Waals surface area contributed by atoms with Crippen molar-refractivity contribution in [3.63, 3.8) is 0 Å². The van der Waals surface area contributed by atoms with E-state index in [0.717, 1.165) is 16.9 Å². The van der Waals surface area contributed by atoms with Gasteiger partial charge >= 0.3 is 0 Å². The molecule has 1 amide bonds. The molecule has 1 heterocycles. The second-order valence-electron chi connectivity index (χ2n) is 7.33. The normalized spacial score (nSPS) is 20.2. The van der Waals surface area contributed by atoms with Crippen molar-refractivity contribution in [2.75, 3.05) is 38.8 Å². The van der Waals surface area contributed by atoms with Gasteiger partial charge in [0, 0.05) is 19.6 Å². The zero-order chi connectivity index (χ0) is 19.5. The summed E-state index contributed by atoms with van der Waals surface area (Å²) in [6.45, 7) is 7.01. The van der Waals surface area contributed by atoms with E-state index in [1.165, 1.54) is 0 Å². The molecule has 146 valence electrons. The highest BCUT2D eigenvalue weighted by Crippen LogP contribution is 2.18. The van der Waals surface area contributed by atoms with Gasteiger partial charge in [-0.25, -0.2) is 8.42 Å². The first-order chi connectivity index (χ1) is 12.1. The molecule has 0 aromatic heterocycles. The van der Waals surface area contributed by atoms with Crippen molar-refractivity contribution in [2.24, 2.45) is 0 Å². The number of hydrogen-bond donors (Lipinski definition) is 0. The fraction of sp³-hybridized carbons (Fsp3) is 0.632. The number of aryl methyl sites for hydroxylation is 2. The zero-order valence-corrected chi connectivity index (χ0v) is 17.2. The van der Waals surface area contributed by atoms with Gasteiger partial charge in [-0.05, 0) is 57.5 Å². The molecule has 7 heteroatoms. The highest BCUT2D eigenvalue weighted by molar-refractivity contribution is 7.91. The summed E-state index contributed by atoms with van der Waals surface area (Å²) < 4.78 is 29.1. The third-order valence-corrected chi connectivity index (χ3v) is 6.78. The molecule has 1 aromatic carbocycles. The van der Waals surface area contributed by atoms with Gasteiger partial charge in [0.05, 0.1) is 17.5 Å². The highest BCUT2D eigenvalue weighted by atomic mass is 32.2. The molecule has 2 unspecified atom stereocenters. The van der Waals surface area contributed by atoms with Crippen LogP contribution in [0, 0.1) is 13.8 Å². The van der Waals surface area contributed by atoms with Gasteiger partial charge in [-0.3, -0.25) is 9.69 Å². The van der Waals surface area contributed by atoms with Crippen LogP contribution in [0.5, 0.6) is 5.75 Å². The summed E-state index contributed by atoms with van der Waals surface area (Å²) in [5, 5.41) is 0. The van der Waals surface area contributed by atoms with E-state index in [-0.39, 0.29) is 29.5 Å². The summed E-state index contributed by atoms with van der Waals surface area (Å²) in [5.74, 6) is 1.02. The minimum atomic E-state index is -3.00. The average Bonchev–Trinajstić information content (AvgIpc) is 2.91. The van der Waals surface area contributed by atoms with Gasteiger partial charge in [0.15, 0.2) is 9.84 Å². The zero-order valence-electron chi connectivity index (χ0n) is 16.4. The Morgan fingerprint density at radius 2 is 1.85 bits per heavy atom. The molecule has 0 radical (unpaired) electrons. The number of sulfone groups is 1. The van der Waals surface area contributed by atoms with Gasteiger partial charge in [-0.1, -0.05) is 6.07 Å². The molecular weight excluding hydrogens is 352 g/mol. The third kappa shape index (κ3) is 5.45. The monoisotopic (exact) mass is 382 g/mol. The number of carbonyl (C=O) groups is 1. The van der Waals surface area contributed by atoms with Crippen molar-refractivity contribution in [2.45, 2.75) is 39.3 Å². The summed E-state index contributed by atoms with van der Waals surface area (Å²) in [6.07, 6.45) is 0.525. The van der Waals surface area contributed by atoms with Crippen molar-refractivity contribution in [3.8, 4) is 5.75 Å². The summed E-state index contributed by atoms with van der Waals surface area (Å²) in [7, 11) is 0.581. The number of nitrogens with zero attached hydrogens (tertiary/aromatic N) is 2. The van der Waals surface area contributed by atoms with E-state index in [9.17, 15) is 13.2 Å². The fourth-order valence-electron chi connectivity index (χ4n) is 3.26. The Balaban J connectivity index is 1.84. The smallest absolute Gasteiger partial charge is 0.239 e. The molecule has 0 bridgehead atoms. The molecule has 1 aliphatic heterocycles. The van der Waals surface area contributed by atoms with Crippen LogP contribution in [0.3, 0.4) is 0 Å². The maximum absolute atomic E-state index is 12.7. The number of rotatable bonds is 7. The van der Waals surface area contributed by atoms with Crippen LogP contribution < -0.4 is 4.74 Å². The van der Waals surface area contributed by atoms with Gasteiger partial charge in [-0.15, -0.1) is 0 Å². The standard InChI is InChI=1S/C19H30N2O4S/c1-14-10-15(2)12-18(11-14)25-8-7-20(4)16(3)19(22)21(5)17-6-9-26(23,24)13-17/h10-12,16-17H,6-9,13H2,1-5H3. The number of likely N-dealkylation sites (N-methyl/N-ethyl adjacent to an activating group) is 2. The molecule has 1 aliphatic rings. The third-order valence-electron chi connectivity index (χ3n) is 5.03. The van der Waals surface area contributed by atoms with Crippen LogP contribution in [0.2, 0.25) is 0 Å². The maximum atomic E-state index is 12.7. The second-order valence-corrected chi connectivity index (χ2v) is 9.56. The first-order valence-corrected chi connectivity index (χ1v) is 10.8. The van der Waals surface area contributed by atoms with Gasteiger partial charge in [-0.2, -0.15) is 0 Å². The van der Waals surface area contributed by atoms with Crippen molar-refractivity contribution < 1.29 is 17.9 Å². The number of hydrogen-bond acceptors (Lipinski definition) is 5. The van der Waals surface area contributed by atoms with Crippen LogP contribution in [-0.4, -0.2) is 75.0 Å². The number of benzene rings is 1. The Hall–Kier alpha value is -1.60. The lowest BCUT2D eigenvalue weighted by molar-refractivity contribution is -0.136. The molecule has 0 saturated carbocycles. The van der Waals surface area contributed by atoms with Crippen LogP contribution in [0.15, 0.2) is 18.2 Å². The lowest BCUT2D eigenvalue weighted by Crippen LogP contribution is -2.49. The van der Waals surface area contributed by atoms with Crippen LogP contribution in [0.1, 0.15) is 24.5 Å². The fourth-order valence-corrected chi connectivity index (χ4v) is 5.04. The lowest BCUT2D eigenvalue weighted by atomic mass is 10.1. The summed E-state index contributed by atoms with van der Waals surface area (Å²) in [5.41, 5.74) is 2.31. The minimum absolute atomic E-state index is 0.0546. The van der Waals surface area contributed by atoms with E-state index in [2.05, 4.69) is 6.07 Å². The topological polar surface area (TPSA) is 66.9 Å². The van der Waals surface area contributed by atoms with Gasteiger partial charge in [0.1, 0.15) is 12.4 Å². The van der Waals surface area contributed by atoms with Crippen molar-refractivity contribution >= 4 is 15.7 Å². The number of carbonyl (C=O) groups excluding carboxylic acids is 1. The van der Waals surface area contributed by atoms with E-state index in [1.807, 2.05) is 44.9 Å². The molecule has 26 heavy (non-hydrogen) atoms. The Morgan fingerprint density at radius 3 is 2.38 bits per heavy atom. The molecule has 1 fully saturated rings. The predicted octanol–water partition coefficient (Wildman–Crippen LogP) is 1.65. The largest absolute Gasteiger partial charge is 0.492 e. The lowest BCUT2D eigenvalue weighted by Gasteiger charge is -2.31. The molecule has 2 atom stereocenters.